The van der Waals surface area contributed by atoms with Gasteiger partial charge in [0.15, 0.2) is 0 Å². The Morgan fingerprint density at radius 1 is 1.67 bits per heavy atom. The van der Waals surface area contributed by atoms with Crippen molar-refractivity contribution in [3.05, 3.63) is 21.9 Å². The van der Waals surface area contributed by atoms with Gasteiger partial charge >= 0.3 is 5.97 Å². The lowest BCUT2D eigenvalue weighted by atomic mass is 10.2. The van der Waals surface area contributed by atoms with Crippen LogP contribution in [0.5, 0.6) is 0 Å². The van der Waals surface area contributed by atoms with Gasteiger partial charge < -0.3 is 9.90 Å². The highest BCUT2D eigenvalue weighted by atomic mass is 32.1. The summed E-state index contributed by atoms with van der Waals surface area (Å²) in [5.41, 5.74) is 0.321. The molecule has 0 aliphatic carbocycles. The Labute approximate surface area is 73.6 Å². The van der Waals surface area contributed by atoms with Crippen LogP contribution in [0.3, 0.4) is 0 Å². The maximum absolute atomic E-state index is 10.6. The van der Waals surface area contributed by atoms with Crippen LogP contribution in [0.15, 0.2) is 11.4 Å². The maximum Gasteiger partial charge on any atom is 0.336 e. The topological polar surface area (TPSA) is 54.4 Å². The normalized spacial score (nSPS) is 9.67. The van der Waals surface area contributed by atoms with Crippen molar-refractivity contribution in [1.29, 1.82) is 0 Å². The molecule has 0 saturated heterocycles. The van der Waals surface area contributed by atoms with E-state index in [0.29, 0.717) is 18.4 Å². The first-order valence-electron chi connectivity index (χ1n) is 3.49. The van der Waals surface area contributed by atoms with Crippen LogP contribution in [0.2, 0.25) is 0 Å². The van der Waals surface area contributed by atoms with Crippen molar-refractivity contribution in [3.63, 3.8) is 0 Å². The maximum atomic E-state index is 10.6. The quantitative estimate of drug-likeness (QED) is 0.723. The van der Waals surface area contributed by atoms with Crippen LogP contribution in [0.1, 0.15) is 21.7 Å². The van der Waals surface area contributed by atoms with Crippen molar-refractivity contribution in [2.45, 2.75) is 12.8 Å². The number of aryl methyl sites for hydroxylation is 1. The molecule has 0 radical (unpaired) electrons. The lowest BCUT2D eigenvalue weighted by Gasteiger charge is -1.94. The SMILES string of the molecule is O=CCCc1sccc1C(=O)O. The van der Waals surface area contributed by atoms with Gasteiger partial charge in [-0.25, -0.2) is 4.79 Å². The van der Waals surface area contributed by atoms with Crippen LogP contribution in [0.25, 0.3) is 0 Å². The number of hydrogen-bond donors (Lipinski definition) is 1. The summed E-state index contributed by atoms with van der Waals surface area (Å²) in [6, 6.07) is 1.56. The minimum Gasteiger partial charge on any atom is -0.478 e. The van der Waals surface area contributed by atoms with Crippen LogP contribution in [-0.4, -0.2) is 17.4 Å². The summed E-state index contributed by atoms with van der Waals surface area (Å²) in [7, 11) is 0. The van der Waals surface area contributed by atoms with E-state index in [0.717, 1.165) is 11.2 Å². The van der Waals surface area contributed by atoms with E-state index in [1.807, 2.05) is 0 Å². The molecule has 1 aromatic rings. The third-order valence-corrected chi connectivity index (χ3v) is 2.45. The molecule has 0 aliphatic rings. The number of carboxylic acids is 1. The Morgan fingerprint density at radius 3 is 3.00 bits per heavy atom. The van der Waals surface area contributed by atoms with E-state index < -0.39 is 5.97 Å². The van der Waals surface area contributed by atoms with Gasteiger partial charge in [-0.15, -0.1) is 11.3 Å². The number of carboxylic acid groups (broad SMARTS) is 1. The lowest BCUT2D eigenvalue weighted by Crippen LogP contribution is -1.98. The van der Waals surface area contributed by atoms with Crippen molar-refractivity contribution in [3.8, 4) is 0 Å². The molecule has 4 heteroatoms. The largest absolute Gasteiger partial charge is 0.478 e. The number of carbonyl (C=O) groups is 2. The first-order valence-corrected chi connectivity index (χ1v) is 4.37. The molecule has 0 amide bonds. The van der Waals surface area contributed by atoms with Gasteiger partial charge in [0, 0.05) is 11.3 Å². The van der Waals surface area contributed by atoms with E-state index in [4.69, 9.17) is 5.11 Å². The summed E-state index contributed by atoms with van der Waals surface area (Å²) in [4.78, 5) is 21.4. The standard InChI is InChI=1S/C8H8O3S/c9-4-1-2-7-6(8(10)11)3-5-12-7/h3-5H,1-2H2,(H,10,11). The van der Waals surface area contributed by atoms with Crippen LogP contribution in [-0.2, 0) is 11.2 Å². The van der Waals surface area contributed by atoms with Gasteiger partial charge in [0.05, 0.1) is 5.56 Å². The smallest absolute Gasteiger partial charge is 0.336 e. The third kappa shape index (κ3) is 1.92. The molecule has 0 bridgehead atoms. The number of thiophene rings is 1. The highest BCUT2D eigenvalue weighted by Gasteiger charge is 2.09. The summed E-state index contributed by atoms with van der Waals surface area (Å²) < 4.78 is 0. The van der Waals surface area contributed by atoms with Crippen molar-refractivity contribution in [2.24, 2.45) is 0 Å². The van der Waals surface area contributed by atoms with Crippen LogP contribution >= 0.6 is 11.3 Å². The lowest BCUT2D eigenvalue weighted by molar-refractivity contribution is -0.107. The van der Waals surface area contributed by atoms with Crippen molar-refractivity contribution in [2.75, 3.05) is 0 Å². The third-order valence-electron chi connectivity index (χ3n) is 1.47. The summed E-state index contributed by atoms with van der Waals surface area (Å²) in [6.07, 6.45) is 1.72. The first kappa shape index (κ1) is 8.93. The van der Waals surface area contributed by atoms with Crippen molar-refractivity contribution in [1.82, 2.24) is 0 Å². The van der Waals surface area contributed by atoms with Gasteiger partial charge in [-0.1, -0.05) is 0 Å². The molecular weight excluding hydrogens is 176 g/mol. The molecule has 0 unspecified atom stereocenters. The Bertz CT molecular complexity index is 290. The molecule has 1 aromatic heterocycles. The minimum absolute atomic E-state index is 0.321. The number of aromatic carboxylic acids is 1. The second-order valence-electron chi connectivity index (χ2n) is 2.27. The zero-order valence-corrected chi connectivity index (χ0v) is 7.13. The molecule has 0 fully saturated rings. The number of aldehydes is 1. The van der Waals surface area contributed by atoms with E-state index in [1.165, 1.54) is 11.3 Å². The van der Waals surface area contributed by atoms with E-state index in [-0.39, 0.29) is 0 Å². The van der Waals surface area contributed by atoms with Crippen molar-refractivity contribution < 1.29 is 14.7 Å². The first-order chi connectivity index (χ1) is 5.75. The Kier molecular flexibility index (Phi) is 2.99. The molecular formula is C8H8O3S. The fourth-order valence-electron chi connectivity index (χ4n) is 0.915. The van der Waals surface area contributed by atoms with Gasteiger partial charge in [0.25, 0.3) is 0 Å². The van der Waals surface area contributed by atoms with Gasteiger partial charge in [-0.05, 0) is 17.9 Å². The zero-order chi connectivity index (χ0) is 8.97. The molecule has 0 aliphatic heterocycles. The fourth-order valence-corrected chi connectivity index (χ4v) is 1.80. The van der Waals surface area contributed by atoms with E-state index in [2.05, 4.69) is 0 Å². The monoisotopic (exact) mass is 184 g/mol. The second kappa shape index (κ2) is 4.01. The van der Waals surface area contributed by atoms with Crippen LogP contribution in [0.4, 0.5) is 0 Å². The average molecular weight is 184 g/mol. The van der Waals surface area contributed by atoms with Gasteiger partial charge in [0.2, 0.25) is 0 Å². The second-order valence-corrected chi connectivity index (χ2v) is 3.27. The summed E-state index contributed by atoms with van der Waals surface area (Å²) in [5.74, 6) is -0.919. The molecule has 1 heterocycles. The molecule has 0 aromatic carbocycles. The molecule has 1 N–H and O–H groups in total. The highest BCUT2D eigenvalue weighted by Crippen LogP contribution is 2.17. The molecule has 64 valence electrons. The summed E-state index contributed by atoms with van der Waals surface area (Å²) in [5, 5.41) is 10.4. The zero-order valence-electron chi connectivity index (χ0n) is 6.32. The predicted octanol–water partition coefficient (Wildman–Crippen LogP) is 1.58. The van der Waals surface area contributed by atoms with Gasteiger partial charge in [-0.2, -0.15) is 0 Å². The number of carbonyl (C=O) groups excluding carboxylic acids is 1. The van der Waals surface area contributed by atoms with Gasteiger partial charge in [-0.3, -0.25) is 0 Å². The molecule has 0 saturated carbocycles. The Hall–Kier alpha value is -1.16. The van der Waals surface area contributed by atoms with E-state index in [1.54, 1.807) is 11.4 Å². The molecule has 0 atom stereocenters. The van der Waals surface area contributed by atoms with E-state index >= 15 is 0 Å². The highest BCUT2D eigenvalue weighted by molar-refractivity contribution is 7.10. The van der Waals surface area contributed by atoms with Crippen LogP contribution < -0.4 is 0 Å². The Morgan fingerprint density at radius 2 is 2.42 bits per heavy atom. The summed E-state index contributed by atoms with van der Waals surface area (Å²) in [6.45, 7) is 0. The molecule has 1 rings (SSSR count). The summed E-state index contributed by atoms with van der Waals surface area (Å²) >= 11 is 1.38. The molecule has 0 spiro atoms. The fraction of sp³-hybridized carbons (Fsp3) is 0.250. The Balaban J connectivity index is 2.76. The molecule has 3 nitrogen and oxygen atoms in total. The van der Waals surface area contributed by atoms with Gasteiger partial charge in [0.1, 0.15) is 6.29 Å². The average Bonchev–Trinajstić information content (AvgIpc) is 2.48. The predicted molar refractivity (Wildman–Crippen MR) is 45.7 cm³/mol. The number of hydrogen-bond acceptors (Lipinski definition) is 3. The minimum atomic E-state index is -0.919. The number of rotatable bonds is 4. The van der Waals surface area contributed by atoms with Crippen molar-refractivity contribution >= 4 is 23.6 Å². The molecule has 12 heavy (non-hydrogen) atoms. The van der Waals surface area contributed by atoms with E-state index in [9.17, 15) is 9.59 Å². The van der Waals surface area contributed by atoms with Crippen LogP contribution in [0, 0.1) is 0 Å².